The van der Waals surface area contributed by atoms with E-state index in [0.717, 1.165) is 0 Å². The lowest BCUT2D eigenvalue weighted by Crippen LogP contribution is -2.58. The Hall–Kier alpha value is -3.67. The average Bonchev–Trinajstić information content (AvgIpc) is 3.04. The second-order valence-electron chi connectivity index (χ2n) is 11.8. The number of ether oxygens (including phenoxy) is 1. The average molecular weight is 682 g/mol. The summed E-state index contributed by atoms with van der Waals surface area (Å²) in [4.78, 5) is 13.9. The number of methoxy groups -OCH3 is 1. The van der Waals surface area contributed by atoms with E-state index >= 15 is 4.39 Å². The molecule has 1 aliphatic heterocycles. The molecule has 4 atom stereocenters. The molecule has 0 spiro atoms. The molecule has 3 N–H and O–H groups in total. The van der Waals surface area contributed by atoms with Crippen molar-refractivity contribution in [1.82, 2.24) is 9.62 Å². The van der Waals surface area contributed by atoms with Crippen LogP contribution in [0, 0.1) is 11.6 Å². The van der Waals surface area contributed by atoms with Gasteiger partial charge in [0.05, 0.1) is 18.0 Å². The van der Waals surface area contributed by atoms with Crippen molar-refractivity contribution < 1.29 is 26.7 Å². The molecule has 1 heterocycles. The Morgan fingerprint density at radius 3 is 2.36 bits per heavy atom. The highest BCUT2D eigenvalue weighted by Crippen LogP contribution is 2.32. The first kappa shape index (κ1) is 34.7. The van der Waals surface area contributed by atoms with Crippen LogP contribution in [0.1, 0.15) is 41.5 Å². The van der Waals surface area contributed by atoms with Gasteiger partial charge in [-0.05, 0) is 96.6 Å². The minimum Gasteiger partial charge on any atom is -0.497 e. The van der Waals surface area contributed by atoms with Crippen molar-refractivity contribution in [2.24, 2.45) is 5.73 Å². The van der Waals surface area contributed by atoms with Crippen LogP contribution in [0.25, 0.3) is 0 Å². The molecule has 1 fully saturated rings. The molecular formula is C36H38ClF2N3O4S. The molecule has 0 unspecified atom stereocenters. The number of hydrogen-bond donors (Lipinski definition) is 2. The van der Waals surface area contributed by atoms with Crippen LogP contribution in [0.15, 0.2) is 95.9 Å². The molecule has 5 rings (SSSR count). The molecule has 0 aliphatic carbocycles. The van der Waals surface area contributed by atoms with Crippen molar-refractivity contribution in [3.8, 4) is 5.75 Å². The summed E-state index contributed by atoms with van der Waals surface area (Å²) in [5.41, 5.74) is 8.58. The zero-order valence-electron chi connectivity index (χ0n) is 26.2. The summed E-state index contributed by atoms with van der Waals surface area (Å²) >= 11 is 6.26. The van der Waals surface area contributed by atoms with Crippen molar-refractivity contribution in [2.75, 3.05) is 20.2 Å². The molecule has 0 bridgehead atoms. The Balaban J connectivity index is 1.38. The van der Waals surface area contributed by atoms with Crippen molar-refractivity contribution >= 4 is 27.4 Å². The third-order valence-corrected chi connectivity index (χ3v) is 11.0. The van der Waals surface area contributed by atoms with Crippen molar-refractivity contribution in [3.05, 3.63) is 130 Å². The molecule has 47 heavy (non-hydrogen) atoms. The van der Waals surface area contributed by atoms with Crippen LogP contribution in [0.3, 0.4) is 0 Å². The monoisotopic (exact) mass is 681 g/mol. The lowest BCUT2D eigenvalue weighted by molar-refractivity contribution is -0.119. The Kier molecular flexibility index (Phi) is 11.1. The van der Waals surface area contributed by atoms with Gasteiger partial charge in [0.25, 0.3) is 0 Å². The summed E-state index contributed by atoms with van der Waals surface area (Å²) in [6.45, 7) is 2.70. The van der Waals surface area contributed by atoms with Gasteiger partial charge >= 0.3 is 0 Å². The van der Waals surface area contributed by atoms with Gasteiger partial charge in [0, 0.05) is 42.5 Å². The number of hydrogen-bond acceptors (Lipinski definition) is 6. The van der Waals surface area contributed by atoms with Crippen LogP contribution in [0.4, 0.5) is 8.78 Å². The van der Waals surface area contributed by atoms with Crippen LogP contribution in [-0.4, -0.2) is 56.8 Å². The molecule has 0 radical (unpaired) electrons. The number of carbonyl (C=O) groups excluding carboxylic acids is 1. The fraction of sp³-hybridized carbons (Fsp3) is 0.306. The highest BCUT2D eigenvalue weighted by molar-refractivity contribution is 7.89. The summed E-state index contributed by atoms with van der Waals surface area (Å²) in [5, 5.41) is 3.74. The van der Waals surface area contributed by atoms with Gasteiger partial charge in [0.2, 0.25) is 10.0 Å². The summed E-state index contributed by atoms with van der Waals surface area (Å²) in [7, 11) is -2.36. The third-order valence-electron chi connectivity index (χ3n) is 8.70. The molecule has 0 aromatic heterocycles. The fourth-order valence-electron chi connectivity index (χ4n) is 6.39. The van der Waals surface area contributed by atoms with E-state index in [2.05, 4.69) is 5.32 Å². The number of ketones is 1. The van der Waals surface area contributed by atoms with Crippen LogP contribution in [0.2, 0.25) is 5.02 Å². The largest absolute Gasteiger partial charge is 0.497 e. The van der Waals surface area contributed by atoms with Gasteiger partial charge in [-0.2, -0.15) is 4.31 Å². The summed E-state index contributed by atoms with van der Waals surface area (Å²) in [5.74, 6) is -1.45. The minimum absolute atomic E-state index is 0.149. The molecule has 7 nitrogen and oxygen atoms in total. The van der Waals surface area contributed by atoms with E-state index in [0.29, 0.717) is 52.5 Å². The highest BCUT2D eigenvalue weighted by Gasteiger charge is 2.38. The summed E-state index contributed by atoms with van der Waals surface area (Å²) in [6, 6.07) is 21.8. The standard InChI is InChI=1S/C36H38ClF2N3O4S/c1-23-21-41-22-29(42(23)47(44,45)31-15-13-30(46-2)14-16-31)12-17-32-24(6-5-11-33(32)39)20-34(43)36(40)35(25-7-3-9-27(37)18-25)26-8-4-10-28(38)19-26/h3-11,13-16,18-19,23,29,35-36,41H,12,17,20-22,40H2,1-2H3/t23-,29-,35-,36+/m0/s1. The van der Waals surface area contributed by atoms with E-state index in [9.17, 15) is 17.6 Å². The van der Waals surface area contributed by atoms with Gasteiger partial charge in [0.1, 0.15) is 17.4 Å². The lowest BCUT2D eigenvalue weighted by Gasteiger charge is -2.40. The number of nitrogens with two attached hydrogens (primary N) is 1. The number of carbonyl (C=O) groups is 1. The molecule has 4 aromatic carbocycles. The molecule has 1 saturated heterocycles. The summed E-state index contributed by atoms with van der Waals surface area (Å²) in [6.07, 6.45) is 0.350. The maximum absolute atomic E-state index is 15.4. The van der Waals surface area contributed by atoms with Crippen molar-refractivity contribution in [2.45, 2.75) is 55.1 Å². The van der Waals surface area contributed by atoms with E-state index in [-0.39, 0.29) is 29.6 Å². The van der Waals surface area contributed by atoms with Gasteiger partial charge in [-0.3, -0.25) is 4.79 Å². The Morgan fingerprint density at radius 1 is 1.00 bits per heavy atom. The maximum atomic E-state index is 15.4. The van der Waals surface area contributed by atoms with Crippen LogP contribution in [0.5, 0.6) is 5.75 Å². The number of Topliss-reactive ketones (excluding diaryl/α,β-unsaturated/α-hetero) is 1. The fourth-order valence-corrected chi connectivity index (χ4v) is 8.43. The molecule has 0 amide bonds. The van der Waals surface area contributed by atoms with Crippen LogP contribution < -0.4 is 15.8 Å². The van der Waals surface area contributed by atoms with Gasteiger partial charge in [-0.1, -0.05) is 48.0 Å². The van der Waals surface area contributed by atoms with Gasteiger partial charge in [-0.15, -0.1) is 0 Å². The molecule has 4 aromatic rings. The predicted molar refractivity (Wildman–Crippen MR) is 179 cm³/mol. The Bertz CT molecular complexity index is 1780. The molecular weight excluding hydrogens is 644 g/mol. The third kappa shape index (κ3) is 7.90. The minimum atomic E-state index is -3.87. The van der Waals surface area contributed by atoms with E-state index in [1.54, 1.807) is 60.7 Å². The zero-order chi connectivity index (χ0) is 33.7. The zero-order valence-corrected chi connectivity index (χ0v) is 27.8. The maximum Gasteiger partial charge on any atom is 0.243 e. The van der Waals surface area contributed by atoms with E-state index < -0.39 is 39.7 Å². The number of halogens is 3. The van der Waals surface area contributed by atoms with Gasteiger partial charge in [-0.25, -0.2) is 17.2 Å². The number of benzene rings is 4. The molecule has 0 saturated carbocycles. The van der Waals surface area contributed by atoms with Gasteiger partial charge in [0.15, 0.2) is 5.78 Å². The summed E-state index contributed by atoms with van der Waals surface area (Å²) < 4.78 is 64.0. The molecule has 248 valence electrons. The number of rotatable bonds is 12. The first-order valence-electron chi connectivity index (χ1n) is 15.4. The molecule has 11 heteroatoms. The predicted octanol–water partition coefficient (Wildman–Crippen LogP) is 5.88. The Morgan fingerprint density at radius 2 is 1.68 bits per heavy atom. The second-order valence-corrected chi connectivity index (χ2v) is 14.1. The first-order valence-corrected chi connectivity index (χ1v) is 17.2. The van der Waals surface area contributed by atoms with E-state index in [4.69, 9.17) is 22.1 Å². The lowest BCUT2D eigenvalue weighted by atomic mass is 9.82. The van der Waals surface area contributed by atoms with Gasteiger partial charge < -0.3 is 15.8 Å². The molecule has 1 aliphatic rings. The topological polar surface area (TPSA) is 102 Å². The number of nitrogens with one attached hydrogen (secondary N) is 1. The quantitative estimate of drug-likeness (QED) is 0.194. The van der Waals surface area contributed by atoms with E-state index in [1.165, 1.54) is 41.7 Å². The normalized spacial score (nSPS) is 18.4. The second kappa shape index (κ2) is 15.0. The highest BCUT2D eigenvalue weighted by atomic mass is 35.5. The SMILES string of the molecule is COc1ccc(S(=O)(=O)N2[C@@H](CCc3c(F)cccc3CC(=O)[C@@H](N)[C@H](c3cccc(F)c3)c3cccc(Cl)c3)CNC[C@@H]2C)cc1. The number of nitrogens with zero attached hydrogens (tertiary/aromatic N) is 1. The van der Waals surface area contributed by atoms with Crippen molar-refractivity contribution in [1.29, 1.82) is 0 Å². The van der Waals surface area contributed by atoms with Crippen LogP contribution in [-0.2, 0) is 27.7 Å². The number of piperazine rings is 1. The number of sulfonamides is 1. The van der Waals surface area contributed by atoms with E-state index in [1.807, 2.05) is 6.92 Å². The van der Waals surface area contributed by atoms with Crippen LogP contribution >= 0.6 is 11.6 Å². The Labute approximate surface area is 279 Å². The smallest absolute Gasteiger partial charge is 0.243 e. The van der Waals surface area contributed by atoms with Crippen molar-refractivity contribution in [3.63, 3.8) is 0 Å². The first-order chi connectivity index (χ1) is 22.5.